The van der Waals surface area contributed by atoms with Crippen LogP contribution in [0.3, 0.4) is 0 Å². The van der Waals surface area contributed by atoms with Gasteiger partial charge in [0.05, 0.1) is 0 Å². The van der Waals surface area contributed by atoms with Crippen molar-refractivity contribution in [2.24, 2.45) is 0 Å². The molecule has 0 aromatic heterocycles. The summed E-state index contributed by atoms with van der Waals surface area (Å²) in [6.07, 6.45) is 3.76. The van der Waals surface area contributed by atoms with Crippen LogP contribution in [0.25, 0.3) is 0 Å². The molecule has 0 fully saturated rings. The highest BCUT2D eigenvalue weighted by Crippen LogP contribution is 2.11. The molecule has 0 aliphatic heterocycles. The molecule has 0 aliphatic rings. The fourth-order valence-electron chi connectivity index (χ4n) is 1.41. The van der Waals surface area contributed by atoms with E-state index in [1.165, 1.54) is 0 Å². The zero-order valence-corrected chi connectivity index (χ0v) is 9.95. The first-order chi connectivity index (χ1) is 7.69. The summed E-state index contributed by atoms with van der Waals surface area (Å²) in [5.41, 5.74) is 2.51. The molecule has 0 saturated heterocycles. The van der Waals surface area contributed by atoms with Gasteiger partial charge in [-0.3, -0.25) is 4.79 Å². The molecule has 1 rings (SSSR count). The Morgan fingerprint density at radius 3 is 2.31 bits per heavy atom. The van der Waals surface area contributed by atoms with Gasteiger partial charge in [0.2, 0.25) is 0 Å². The van der Waals surface area contributed by atoms with E-state index in [0.29, 0.717) is 5.57 Å². The average Bonchev–Trinajstić information content (AvgIpc) is 2.31. The van der Waals surface area contributed by atoms with E-state index in [1.54, 1.807) is 0 Å². The van der Waals surface area contributed by atoms with Crippen LogP contribution in [-0.4, -0.2) is 13.8 Å². The van der Waals surface area contributed by atoms with Gasteiger partial charge < -0.3 is 5.32 Å². The van der Waals surface area contributed by atoms with E-state index < -0.39 is 0 Å². The summed E-state index contributed by atoms with van der Waals surface area (Å²) in [5.74, 6) is -0.0655. The number of hydrogen-bond acceptors (Lipinski definition) is 1. The third-order valence-electron chi connectivity index (χ3n) is 2.42. The van der Waals surface area contributed by atoms with Crippen molar-refractivity contribution in [1.82, 2.24) is 0 Å². The molecular weight excluding hydrogens is 197 g/mol. The normalized spacial score (nSPS) is 12.4. The van der Waals surface area contributed by atoms with Crippen LogP contribution < -0.4 is 5.32 Å². The lowest BCUT2D eigenvalue weighted by atomic mass is 9.87. The van der Waals surface area contributed by atoms with Crippen LogP contribution in [0.5, 0.6) is 0 Å². The molecule has 2 nitrogen and oxygen atoms in total. The van der Waals surface area contributed by atoms with E-state index in [9.17, 15) is 4.79 Å². The first kappa shape index (κ1) is 12.3. The first-order valence-corrected chi connectivity index (χ1v) is 5.35. The van der Waals surface area contributed by atoms with Crippen molar-refractivity contribution in [3.8, 4) is 0 Å². The standard InChI is InChI=1S/C13H16BNO/c1-3-11(12(14)4-2)13(16)15-10-8-6-5-7-9-10/h3-9H,14H2,1-2H3,(H,15,16)/b11-3+,12-4+. The van der Waals surface area contributed by atoms with Gasteiger partial charge in [-0.15, -0.1) is 0 Å². The Morgan fingerprint density at radius 2 is 1.81 bits per heavy atom. The molecule has 0 unspecified atom stereocenters. The number of carbonyl (C=O) groups is 1. The summed E-state index contributed by atoms with van der Waals surface area (Å²) in [5, 5.41) is 2.86. The number of carbonyl (C=O) groups excluding carboxylic acids is 1. The van der Waals surface area contributed by atoms with Gasteiger partial charge in [0.15, 0.2) is 0 Å². The van der Waals surface area contributed by atoms with Crippen molar-refractivity contribution < 1.29 is 4.79 Å². The van der Waals surface area contributed by atoms with E-state index in [4.69, 9.17) is 0 Å². The number of hydrogen-bond donors (Lipinski definition) is 1. The molecule has 0 saturated carbocycles. The predicted octanol–water partition coefficient (Wildman–Crippen LogP) is 2.11. The second kappa shape index (κ2) is 5.96. The molecule has 1 aromatic rings. The summed E-state index contributed by atoms with van der Waals surface area (Å²) in [6, 6.07) is 9.46. The summed E-state index contributed by atoms with van der Waals surface area (Å²) in [7, 11) is 1.93. The maximum Gasteiger partial charge on any atom is 0.254 e. The largest absolute Gasteiger partial charge is 0.322 e. The maximum atomic E-state index is 11.9. The second-order valence-corrected chi connectivity index (χ2v) is 3.49. The molecule has 1 aromatic carbocycles. The van der Waals surface area contributed by atoms with Gasteiger partial charge in [0.25, 0.3) is 5.91 Å². The highest BCUT2D eigenvalue weighted by molar-refractivity contribution is 6.30. The van der Waals surface area contributed by atoms with Crippen molar-refractivity contribution >= 4 is 19.4 Å². The van der Waals surface area contributed by atoms with E-state index in [1.807, 2.05) is 64.2 Å². The van der Waals surface area contributed by atoms with Crippen LogP contribution in [0.15, 0.2) is 53.5 Å². The lowest BCUT2D eigenvalue weighted by Gasteiger charge is -2.08. The van der Waals surface area contributed by atoms with Crippen LogP contribution in [-0.2, 0) is 4.79 Å². The molecule has 0 atom stereocenters. The quantitative estimate of drug-likeness (QED) is 0.465. The summed E-state index contributed by atoms with van der Waals surface area (Å²) >= 11 is 0. The van der Waals surface area contributed by atoms with Crippen molar-refractivity contribution in [1.29, 1.82) is 0 Å². The fourth-order valence-corrected chi connectivity index (χ4v) is 1.41. The molecule has 0 radical (unpaired) electrons. The van der Waals surface area contributed by atoms with Gasteiger partial charge in [-0.2, -0.15) is 0 Å². The zero-order chi connectivity index (χ0) is 12.0. The summed E-state index contributed by atoms with van der Waals surface area (Å²) in [6.45, 7) is 3.79. The molecule has 0 bridgehead atoms. The first-order valence-electron chi connectivity index (χ1n) is 5.35. The third-order valence-corrected chi connectivity index (χ3v) is 2.42. The molecule has 0 aliphatic carbocycles. The van der Waals surface area contributed by atoms with E-state index in [2.05, 4.69) is 5.32 Å². The smallest absolute Gasteiger partial charge is 0.254 e. The Bertz CT molecular complexity index is 421. The number of anilines is 1. The van der Waals surface area contributed by atoms with Crippen LogP contribution in [0.4, 0.5) is 5.69 Å². The van der Waals surface area contributed by atoms with E-state index in [-0.39, 0.29) is 5.91 Å². The van der Waals surface area contributed by atoms with Gasteiger partial charge >= 0.3 is 0 Å². The van der Waals surface area contributed by atoms with Crippen LogP contribution in [0.2, 0.25) is 0 Å². The number of benzene rings is 1. The highest BCUT2D eigenvalue weighted by atomic mass is 16.1. The van der Waals surface area contributed by atoms with E-state index in [0.717, 1.165) is 11.2 Å². The number of nitrogens with one attached hydrogen (secondary N) is 1. The highest BCUT2D eigenvalue weighted by Gasteiger charge is 2.09. The number of amides is 1. The zero-order valence-electron chi connectivity index (χ0n) is 9.95. The number of para-hydroxylation sites is 1. The molecule has 1 N–H and O–H groups in total. The lowest BCUT2D eigenvalue weighted by molar-refractivity contribution is -0.112. The summed E-state index contributed by atoms with van der Waals surface area (Å²) in [4.78, 5) is 11.9. The second-order valence-electron chi connectivity index (χ2n) is 3.49. The van der Waals surface area contributed by atoms with Gasteiger partial charge in [0.1, 0.15) is 7.85 Å². The molecule has 3 heteroatoms. The van der Waals surface area contributed by atoms with Gasteiger partial charge in [-0.1, -0.05) is 35.8 Å². The van der Waals surface area contributed by atoms with Crippen LogP contribution in [0.1, 0.15) is 13.8 Å². The lowest BCUT2D eigenvalue weighted by Crippen LogP contribution is -2.15. The van der Waals surface area contributed by atoms with Gasteiger partial charge in [-0.25, -0.2) is 0 Å². The minimum absolute atomic E-state index is 0.0655. The average molecular weight is 213 g/mol. The van der Waals surface area contributed by atoms with Crippen molar-refractivity contribution in [2.45, 2.75) is 13.8 Å². The topological polar surface area (TPSA) is 29.1 Å². The summed E-state index contributed by atoms with van der Waals surface area (Å²) < 4.78 is 0. The molecule has 1 amide bonds. The Labute approximate surface area is 97.5 Å². The molecule has 82 valence electrons. The number of allylic oxidation sites excluding steroid dienone is 2. The Morgan fingerprint density at radius 1 is 1.19 bits per heavy atom. The minimum Gasteiger partial charge on any atom is -0.322 e. The monoisotopic (exact) mass is 213 g/mol. The minimum atomic E-state index is -0.0655. The SMILES string of the molecule is BC(=C/C)/C(=C\C)C(=O)Nc1ccccc1. The van der Waals surface area contributed by atoms with Crippen LogP contribution >= 0.6 is 0 Å². The Balaban J connectivity index is 2.80. The molecule has 16 heavy (non-hydrogen) atoms. The molecule has 0 heterocycles. The van der Waals surface area contributed by atoms with Gasteiger partial charge in [0, 0.05) is 11.3 Å². The molecular formula is C13H16BNO. The predicted molar refractivity (Wildman–Crippen MR) is 71.1 cm³/mol. The van der Waals surface area contributed by atoms with Crippen LogP contribution in [0, 0.1) is 0 Å². The fraction of sp³-hybridized carbons (Fsp3) is 0.154. The Kier molecular flexibility index (Phi) is 4.58. The third kappa shape index (κ3) is 3.12. The molecule has 0 spiro atoms. The number of rotatable bonds is 3. The Hall–Kier alpha value is -1.77. The van der Waals surface area contributed by atoms with Gasteiger partial charge in [-0.05, 0) is 26.0 Å². The van der Waals surface area contributed by atoms with E-state index >= 15 is 0 Å². The van der Waals surface area contributed by atoms with Crippen molar-refractivity contribution in [3.63, 3.8) is 0 Å². The van der Waals surface area contributed by atoms with Crippen molar-refractivity contribution in [2.75, 3.05) is 5.32 Å². The maximum absolute atomic E-state index is 11.9. The van der Waals surface area contributed by atoms with Crippen molar-refractivity contribution in [3.05, 3.63) is 53.5 Å².